The highest BCUT2D eigenvalue weighted by atomic mass is 35.5. The molecule has 2 rings (SSSR count). The molecule has 0 fully saturated rings. The van der Waals surface area contributed by atoms with E-state index in [0.717, 1.165) is 5.69 Å². The molecule has 0 N–H and O–H groups in total. The van der Waals surface area contributed by atoms with Crippen molar-refractivity contribution in [2.45, 2.75) is 18.8 Å². The van der Waals surface area contributed by atoms with Crippen LogP contribution in [0.25, 0.3) is 0 Å². The molecule has 1 aromatic carbocycles. The third kappa shape index (κ3) is 5.15. The van der Waals surface area contributed by atoms with Gasteiger partial charge in [0.25, 0.3) is 0 Å². The summed E-state index contributed by atoms with van der Waals surface area (Å²) in [7, 11) is 0. The topological polar surface area (TPSA) is 31.4 Å². The van der Waals surface area contributed by atoms with Crippen molar-refractivity contribution in [3.63, 3.8) is 0 Å². The summed E-state index contributed by atoms with van der Waals surface area (Å²) >= 11 is 5.62. The molecular formula is C14H11ClF3NO2. The molecule has 0 aliphatic carbocycles. The standard InChI is InChI=1S/C14H11ClF3NO2/c15-7-11-3-6-13(8-19-11)20-9-10-1-4-12(5-2-10)21-14(16,17)18/h1-6,8H,7,9H2. The highest BCUT2D eigenvalue weighted by Crippen LogP contribution is 2.23. The summed E-state index contributed by atoms with van der Waals surface area (Å²) in [4.78, 5) is 4.06. The van der Waals surface area contributed by atoms with Crippen molar-refractivity contribution in [3.8, 4) is 11.5 Å². The van der Waals surface area contributed by atoms with E-state index in [4.69, 9.17) is 16.3 Å². The summed E-state index contributed by atoms with van der Waals surface area (Å²) in [6.07, 6.45) is -3.15. The van der Waals surface area contributed by atoms with Crippen LogP contribution in [0.5, 0.6) is 11.5 Å². The lowest BCUT2D eigenvalue weighted by Gasteiger charge is -2.10. The number of pyridine rings is 1. The highest BCUT2D eigenvalue weighted by Gasteiger charge is 2.30. The number of benzene rings is 1. The summed E-state index contributed by atoms with van der Waals surface area (Å²) in [6, 6.07) is 8.94. The van der Waals surface area contributed by atoms with E-state index in [1.807, 2.05) is 0 Å². The molecular weight excluding hydrogens is 307 g/mol. The summed E-state index contributed by atoms with van der Waals surface area (Å²) in [5, 5.41) is 0. The molecule has 21 heavy (non-hydrogen) atoms. The molecule has 0 aliphatic rings. The number of ether oxygens (including phenoxy) is 2. The molecule has 3 nitrogen and oxygen atoms in total. The first kappa shape index (κ1) is 15.4. The van der Waals surface area contributed by atoms with Gasteiger partial charge in [-0.3, -0.25) is 4.98 Å². The number of rotatable bonds is 5. The van der Waals surface area contributed by atoms with Crippen LogP contribution in [-0.2, 0) is 12.5 Å². The van der Waals surface area contributed by atoms with Gasteiger partial charge in [-0.15, -0.1) is 24.8 Å². The fourth-order valence-electron chi connectivity index (χ4n) is 1.53. The maximum atomic E-state index is 12.0. The first-order valence-corrected chi connectivity index (χ1v) is 6.48. The lowest BCUT2D eigenvalue weighted by atomic mass is 10.2. The SMILES string of the molecule is FC(F)(F)Oc1ccc(COc2ccc(CCl)nc2)cc1. The maximum absolute atomic E-state index is 12.0. The Morgan fingerprint density at radius 3 is 2.19 bits per heavy atom. The lowest BCUT2D eigenvalue weighted by molar-refractivity contribution is -0.274. The largest absolute Gasteiger partial charge is 0.573 e. The van der Waals surface area contributed by atoms with Gasteiger partial charge in [0.2, 0.25) is 0 Å². The quantitative estimate of drug-likeness (QED) is 0.771. The van der Waals surface area contributed by atoms with Gasteiger partial charge in [-0.1, -0.05) is 12.1 Å². The van der Waals surface area contributed by atoms with Gasteiger partial charge in [0.05, 0.1) is 17.8 Å². The van der Waals surface area contributed by atoms with Gasteiger partial charge in [0.1, 0.15) is 18.1 Å². The summed E-state index contributed by atoms with van der Waals surface area (Å²) in [6.45, 7) is 0.216. The van der Waals surface area contributed by atoms with Crippen LogP contribution in [0, 0.1) is 0 Å². The predicted octanol–water partition coefficient (Wildman–Crippen LogP) is 4.30. The van der Waals surface area contributed by atoms with Crippen molar-refractivity contribution >= 4 is 11.6 Å². The van der Waals surface area contributed by atoms with Crippen LogP contribution >= 0.6 is 11.6 Å². The molecule has 1 aromatic heterocycles. The third-order valence-electron chi connectivity index (χ3n) is 2.50. The zero-order valence-corrected chi connectivity index (χ0v) is 11.5. The second-order valence-corrected chi connectivity index (χ2v) is 4.37. The molecule has 0 aliphatic heterocycles. The van der Waals surface area contributed by atoms with E-state index in [2.05, 4.69) is 9.72 Å². The van der Waals surface area contributed by atoms with Gasteiger partial charge in [0, 0.05) is 0 Å². The highest BCUT2D eigenvalue weighted by molar-refractivity contribution is 6.16. The van der Waals surface area contributed by atoms with Crippen LogP contribution in [0.1, 0.15) is 11.3 Å². The number of hydrogen-bond acceptors (Lipinski definition) is 3. The minimum Gasteiger partial charge on any atom is -0.487 e. The fraction of sp³-hybridized carbons (Fsp3) is 0.214. The van der Waals surface area contributed by atoms with E-state index in [9.17, 15) is 13.2 Å². The second-order valence-electron chi connectivity index (χ2n) is 4.10. The fourth-order valence-corrected chi connectivity index (χ4v) is 1.69. The zero-order valence-electron chi connectivity index (χ0n) is 10.7. The molecule has 0 saturated heterocycles. The van der Waals surface area contributed by atoms with Crippen LogP contribution in [0.4, 0.5) is 13.2 Å². The van der Waals surface area contributed by atoms with Crippen LogP contribution in [-0.4, -0.2) is 11.3 Å². The monoisotopic (exact) mass is 317 g/mol. The average molecular weight is 318 g/mol. The number of aromatic nitrogens is 1. The van der Waals surface area contributed by atoms with Crippen LogP contribution in [0.15, 0.2) is 42.6 Å². The minimum atomic E-state index is -4.69. The molecule has 1 heterocycles. The van der Waals surface area contributed by atoms with Crippen molar-refractivity contribution in [2.24, 2.45) is 0 Å². The Hall–Kier alpha value is -1.95. The molecule has 0 atom stereocenters. The summed E-state index contributed by atoms with van der Waals surface area (Å²) in [5.74, 6) is 0.611. The molecule has 0 spiro atoms. The summed E-state index contributed by atoms with van der Waals surface area (Å²) < 4.78 is 45.3. The van der Waals surface area contributed by atoms with Gasteiger partial charge in [-0.25, -0.2) is 0 Å². The van der Waals surface area contributed by atoms with E-state index >= 15 is 0 Å². The number of hydrogen-bond donors (Lipinski definition) is 0. The normalized spacial score (nSPS) is 11.2. The van der Waals surface area contributed by atoms with E-state index in [-0.39, 0.29) is 12.4 Å². The van der Waals surface area contributed by atoms with Crippen LogP contribution in [0.3, 0.4) is 0 Å². The molecule has 0 bridgehead atoms. The maximum Gasteiger partial charge on any atom is 0.573 e. The predicted molar refractivity (Wildman–Crippen MR) is 71.3 cm³/mol. The molecule has 112 valence electrons. The number of alkyl halides is 4. The second kappa shape index (κ2) is 6.67. The Kier molecular flexibility index (Phi) is 4.90. The first-order chi connectivity index (χ1) is 9.96. The van der Waals surface area contributed by atoms with Gasteiger partial charge < -0.3 is 9.47 Å². The minimum absolute atomic E-state index is 0.216. The molecule has 0 saturated carbocycles. The Morgan fingerprint density at radius 2 is 1.67 bits per heavy atom. The van der Waals surface area contributed by atoms with Gasteiger partial charge in [-0.05, 0) is 29.8 Å². The number of halogens is 4. The van der Waals surface area contributed by atoms with Gasteiger partial charge in [-0.2, -0.15) is 0 Å². The van der Waals surface area contributed by atoms with Crippen molar-refractivity contribution in [1.29, 1.82) is 0 Å². The molecule has 0 radical (unpaired) electrons. The third-order valence-corrected chi connectivity index (χ3v) is 2.77. The average Bonchev–Trinajstić information content (AvgIpc) is 2.45. The number of nitrogens with zero attached hydrogens (tertiary/aromatic N) is 1. The van der Waals surface area contributed by atoms with Crippen molar-refractivity contribution in [2.75, 3.05) is 0 Å². The van der Waals surface area contributed by atoms with Crippen molar-refractivity contribution < 1.29 is 22.6 Å². The van der Waals surface area contributed by atoms with E-state index < -0.39 is 6.36 Å². The molecule has 7 heteroatoms. The van der Waals surface area contributed by atoms with E-state index in [1.165, 1.54) is 24.3 Å². The molecule has 2 aromatic rings. The lowest BCUT2D eigenvalue weighted by Crippen LogP contribution is -2.17. The Labute approximate surface area is 124 Å². The van der Waals surface area contributed by atoms with Crippen molar-refractivity contribution in [3.05, 3.63) is 53.9 Å². The zero-order chi connectivity index (χ0) is 15.3. The summed E-state index contributed by atoms with van der Waals surface area (Å²) in [5.41, 5.74) is 1.45. The molecule has 0 amide bonds. The van der Waals surface area contributed by atoms with Crippen molar-refractivity contribution in [1.82, 2.24) is 4.98 Å². The Balaban J connectivity index is 1.91. The van der Waals surface area contributed by atoms with Gasteiger partial charge >= 0.3 is 6.36 Å². The van der Waals surface area contributed by atoms with E-state index in [0.29, 0.717) is 17.2 Å². The van der Waals surface area contributed by atoms with Crippen LogP contribution in [0.2, 0.25) is 0 Å². The Bertz CT molecular complexity index is 570. The molecule has 0 unspecified atom stereocenters. The first-order valence-electron chi connectivity index (χ1n) is 5.94. The Morgan fingerprint density at radius 1 is 1.00 bits per heavy atom. The van der Waals surface area contributed by atoms with E-state index in [1.54, 1.807) is 18.3 Å². The van der Waals surface area contributed by atoms with Crippen LogP contribution < -0.4 is 9.47 Å². The van der Waals surface area contributed by atoms with Gasteiger partial charge in [0.15, 0.2) is 0 Å². The smallest absolute Gasteiger partial charge is 0.487 e.